The van der Waals surface area contributed by atoms with Gasteiger partial charge in [-0.3, -0.25) is 5.43 Å². The number of amidine groups is 1. The first kappa shape index (κ1) is 18.4. The van der Waals surface area contributed by atoms with E-state index in [4.69, 9.17) is 28.3 Å². The van der Waals surface area contributed by atoms with Crippen LogP contribution in [-0.2, 0) is 0 Å². The average molecular weight is 406 g/mol. The van der Waals surface area contributed by atoms with Crippen molar-refractivity contribution in [3.8, 4) is 0 Å². The van der Waals surface area contributed by atoms with E-state index < -0.39 is 0 Å². The second-order valence-corrected chi connectivity index (χ2v) is 6.35. The van der Waals surface area contributed by atoms with Crippen LogP contribution >= 0.6 is 35.6 Å². The normalized spacial score (nSPS) is 13.1. The van der Waals surface area contributed by atoms with Gasteiger partial charge in [0.2, 0.25) is 0 Å². The Balaban J connectivity index is 0.00000196. The predicted octanol–water partition coefficient (Wildman–Crippen LogP) is 5.52. The number of nitrogens with zero attached hydrogens (tertiary/aromatic N) is 3. The van der Waals surface area contributed by atoms with Crippen molar-refractivity contribution in [1.82, 2.24) is 5.43 Å². The first-order valence-electron chi connectivity index (χ1n) is 7.73. The van der Waals surface area contributed by atoms with Gasteiger partial charge in [-0.1, -0.05) is 53.5 Å². The predicted molar refractivity (Wildman–Crippen MR) is 111 cm³/mol. The molecule has 0 aliphatic carbocycles. The number of hydrazine groups is 2. The molecule has 132 valence electrons. The van der Waals surface area contributed by atoms with Gasteiger partial charge in [-0.25, -0.2) is 0 Å². The zero-order valence-electron chi connectivity index (χ0n) is 13.5. The molecule has 1 aliphatic rings. The molecule has 4 rings (SSSR count). The summed E-state index contributed by atoms with van der Waals surface area (Å²) >= 11 is 12.0. The molecule has 1 aliphatic heterocycles. The van der Waals surface area contributed by atoms with E-state index in [1.54, 1.807) is 5.12 Å². The fourth-order valence-corrected chi connectivity index (χ4v) is 2.78. The van der Waals surface area contributed by atoms with E-state index in [0.717, 1.165) is 22.8 Å². The second-order valence-electron chi connectivity index (χ2n) is 5.48. The molecule has 3 aromatic carbocycles. The third kappa shape index (κ3) is 3.73. The Bertz CT molecular complexity index is 896. The highest BCUT2D eigenvalue weighted by Crippen LogP contribution is 2.27. The number of hydrazone groups is 1. The molecule has 0 spiro atoms. The minimum absolute atomic E-state index is 0. The van der Waals surface area contributed by atoms with E-state index >= 15 is 0 Å². The first-order valence-corrected chi connectivity index (χ1v) is 8.48. The standard InChI is InChI=1S/C19H14Cl2N4.ClH/c20-15-6-10-17(11-7-15)24-22-19(14-4-2-1-3-5-14)23-25(24)18-12-8-16(21)9-13-18;/h1-13H,(H,22,23);1H. The fraction of sp³-hybridized carbons (Fsp3) is 0. The van der Waals surface area contributed by atoms with Crippen LogP contribution in [-0.4, -0.2) is 5.84 Å². The van der Waals surface area contributed by atoms with Gasteiger partial charge >= 0.3 is 0 Å². The van der Waals surface area contributed by atoms with Crippen LogP contribution in [0, 0.1) is 0 Å². The van der Waals surface area contributed by atoms with Gasteiger partial charge in [-0.15, -0.1) is 17.5 Å². The van der Waals surface area contributed by atoms with Crippen molar-refractivity contribution in [3.63, 3.8) is 0 Å². The van der Waals surface area contributed by atoms with Gasteiger partial charge in [-0.2, -0.15) is 10.2 Å². The molecule has 0 unspecified atom stereocenters. The van der Waals surface area contributed by atoms with Gasteiger partial charge < -0.3 is 0 Å². The molecule has 1 N–H and O–H groups in total. The van der Waals surface area contributed by atoms with Gasteiger partial charge in [0.05, 0.1) is 11.4 Å². The minimum atomic E-state index is 0. The molecule has 0 saturated carbocycles. The van der Waals surface area contributed by atoms with Gasteiger partial charge in [-0.05, 0) is 48.5 Å². The lowest BCUT2D eigenvalue weighted by atomic mass is 10.2. The smallest absolute Gasteiger partial charge is 0.176 e. The minimum Gasteiger partial charge on any atom is -0.259 e. The largest absolute Gasteiger partial charge is 0.259 e. The molecule has 0 radical (unpaired) electrons. The molecule has 7 heteroatoms. The molecule has 1 heterocycles. The Morgan fingerprint density at radius 3 is 1.81 bits per heavy atom. The number of nitrogens with one attached hydrogen (secondary N) is 1. The summed E-state index contributed by atoms with van der Waals surface area (Å²) < 4.78 is 0. The quantitative estimate of drug-likeness (QED) is 0.622. The summed E-state index contributed by atoms with van der Waals surface area (Å²) in [7, 11) is 0. The number of halogens is 3. The Kier molecular flexibility index (Phi) is 5.57. The maximum Gasteiger partial charge on any atom is 0.176 e. The number of anilines is 2. The highest BCUT2D eigenvalue weighted by Gasteiger charge is 2.26. The molecule has 0 aromatic heterocycles. The first-order chi connectivity index (χ1) is 12.2. The monoisotopic (exact) mass is 404 g/mol. The van der Waals surface area contributed by atoms with E-state index in [1.165, 1.54) is 0 Å². The zero-order chi connectivity index (χ0) is 17.2. The highest BCUT2D eigenvalue weighted by atomic mass is 35.5. The molecule has 0 amide bonds. The molecule has 26 heavy (non-hydrogen) atoms. The maximum absolute atomic E-state index is 6.02. The van der Waals surface area contributed by atoms with Crippen LogP contribution < -0.4 is 15.7 Å². The summed E-state index contributed by atoms with van der Waals surface area (Å²) in [5.74, 6) is 0.755. The Morgan fingerprint density at radius 1 is 0.692 bits per heavy atom. The van der Waals surface area contributed by atoms with E-state index in [2.05, 4.69) is 5.43 Å². The van der Waals surface area contributed by atoms with Crippen LogP contribution in [0.1, 0.15) is 5.56 Å². The van der Waals surface area contributed by atoms with Gasteiger partial charge in [0, 0.05) is 15.6 Å². The van der Waals surface area contributed by atoms with Crippen molar-refractivity contribution in [1.29, 1.82) is 0 Å². The summed E-state index contributed by atoms with van der Waals surface area (Å²) in [6, 6.07) is 25.0. The lowest BCUT2D eigenvalue weighted by Crippen LogP contribution is -2.44. The summed E-state index contributed by atoms with van der Waals surface area (Å²) in [4.78, 5) is 0. The lowest BCUT2D eigenvalue weighted by Gasteiger charge is -2.28. The molecular formula is C19H15Cl3N4. The molecule has 4 nitrogen and oxygen atoms in total. The Labute approximate surface area is 168 Å². The van der Waals surface area contributed by atoms with Crippen molar-refractivity contribution in [2.75, 3.05) is 10.2 Å². The van der Waals surface area contributed by atoms with Crippen LogP contribution in [0.15, 0.2) is 84.0 Å². The van der Waals surface area contributed by atoms with Crippen molar-refractivity contribution in [2.24, 2.45) is 5.10 Å². The molecular weight excluding hydrogens is 391 g/mol. The molecule has 0 saturated heterocycles. The molecule has 0 bridgehead atoms. The summed E-state index contributed by atoms with van der Waals surface area (Å²) in [5, 5.41) is 9.75. The van der Waals surface area contributed by atoms with Crippen LogP contribution in [0.3, 0.4) is 0 Å². The number of benzene rings is 3. The van der Waals surface area contributed by atoms with Gasteiger partial charge in [0.1, 0.15) is 0 Å². The SMILES string of the molecule is Cl.Clc1ccc(N2N=C(c3ccccc3)NN2c2ccc(Cl)cc2)cc1. The number of rotatable bonds is 3. The van der Waals surface area contributed by atoms with E-state index in [-0.39, 0.29) is 12.4 Å². The van der Waals surface area contributed by atoms with E-state index in [0.29, 0.717) is 10.0 Å². The van der Waals surface area contributed by atoms with Crippen molar-refractivity contribution in [3.05, 3.63) is 94.5 Å². The summed E-state index contributed by atoms with van der Waals surface area (Å²) in [5.41, 5.74) is 6.14. The summed E-state index contributed by atoms with van der Waals surface area (Å²) in [6.45, 7) is 0. The average Bonchev–Trinajstić information content (AvgIpc) is 3.09. The van der Waals surface area contributed by atoms with Crippen molar-refractivity contribution < 1.29 is 0 Å². The second kappa shape index (κ2) is 7.87. The maximum atomic E-state index is 6.02. The third-order valence-electron chi connectivity index (χ3n) is 3.77. The molecule has 3 aromatic rings. The molecule has 0 fully saturated rings. The topological polar surface area (TPSA) is 30.9 Å². The van der Waals surface area contributed by atoms with Crippen LogP contribution in [0.2, 0.25) is 10.0 Å². The van der Waals surface area contributed by atoms with Crippen LogP contribution in [0.4, 0.5) is 11.4 Å². The fourth-order valence-electron chi connectivity index (χ4n) is 2.53. The highest BCUT2D eigenvalue weighted by molar-refractivity contribution is 6.31. The van der Waals surface area contributed by atoms with Gasteiger partial charge in [0.15, 0.2) is 5.84 Å². The Hall–Kier alpha value is -2.40. The van der Waals surface area contributed by atoms with Gasteiger partial charge in [0.25, 0.3) is 0 Å². The number of hydrogen-bond acceptors (Lipinski definition) is 4. The summed E-state index contributed by atoms with van der Waals surface area (Å²) in [6.07, 6.45) is 0. The third-order valence-corrected chi connectivity index (χ3v) is 4.28. The number of hydrogen-bond donors (Lipinski definition) is 1. The Morgan fingerprint density at radius 2 is 1.23 bits per heavy atom. The lowest BCUT2D eigenvalue weighted by molar-refractivity contribution is 0.771. The van der Waals surface area contributed by atoms with E-state index in [9.17, 15) is 0 Å². The van der Waals surface area contributed by atoms with E-state index in [1.807, 2.05) is 84.0 Å². The van der Waals surface area contributed by atoms with Crippen molar-refractivity contribution in [2.45, 2.75) is 0 Å². The van der Waals surface area contributed by atoms with Crippen LogP contribution in [0.25, 0.3) is 0 Å². The van der Waals surface area contributed by atoms with Crippen LogP contribution in [0.5, 0.6) is 0 Å². The zero-order valence-corrected chi connectivity index (χ0v) is 15.8. The molecule has 0 atom stereocenters. The van der Waals surface area contributed by atoms with Crippen molar-refractivity contribution >= 4 is 52.8 Å².